The van der Waals surface area contributed by atoms with Crippen LogP contribution in [0.15, 0.2) is 43.1 Å². The van der Waals surface area contributed by atoms with Crippen molar-refractivity contribution in [3.8, 4) is 11.7 Å². The van der Waals surface area contributed by atoms with Crippen LogP contribution in [-0.2, 0) is 0 Å². The number of halogens is 1. The Balaban J connectivity index is 1.91. The Labute approximate surface area is 137 Å². The van der Waals surface area contributed by atoms with E-state index in [2.05, 4.69) is 15.0 Å². The summed E-state index contributed by atoms with van der Waals surface area (Å²) in [4.78, 5) is 24.5. The van der Waals surface area contributed by atoms with Gasteiger partial charge in [0.15, 0.2) is 5.69 Å². The van der Waals surface area contributed by atoms with Crippen molar-refractivity contribution < 1.29 is 9.53 Å². The molecule has 7 heteroatoms. The molecule has 3 aromatic rings. The van der Waals surface area contributed by atoms with Crippen LogP contribution in [0.25, 0.3) is 5.95 Å². The van der Waals surface area contributed by atoms with E-state index < -0.39 is 5.97 Å². The molecule has 0 N–H and O–H groups in total. The highest BCUT2D eigenvalue weighted by molar-refractivity contribution is 6.33. The number of hydrogen-bond acceptors (Lipinski definition) is 5. The maximum Gasteiger partial charge on any atom is 0.364 e. The van der Waals surface area contributed by atoms with Gasteiger partial charge in [-0.25, -0.2) is 19.7 Å². The molecule has 0 fully saturated rings. The molecule has 0 aliphatic carbocycles. The number of hydrogen-bond donors (Lipinski definition) is 0. The standard InChI is InChI=1S/C16H13ClN4O2/c1-10-5-11(2)7-12(6-10)23-15(22)14-13(17)8-19-16(20-14)21-4-3-18-9-21/h3-9H,1-2H3. The molecule has 0 atom stereocenters. The van der Waals surface area contributed by atoms with Gasteiger partial charge in [-0.2, -0.15) is 0 Å². The highest BCUT2D eigenvalue weighted by Crippen LogP contribution is 2.20. The number of carbonyl (C=O) groups is 1. The van der Waals surface area contributed by atoms with Crippen molar-refractivity contribution >= 4 is 17.6 Å². The predicted molar refractivity (Wildman–Crippen MR) is 85.0 cm³/mol. The molecule has 23 heavy (non-hydrogen) atoms. The first-order chi connectivity index (χ1) is 11.0. The van der Waals surface area contributed by atoms with Crippen LogP contribution in [0.1, 0.15) is 21.6 Å². The second-order valence-corrected chi connectivity index (χ2v) is 5.46. The van der Waals surface area contributed by atoms with Crippen LogP contribution in [0, 0.1) is 13.8 Å². The zero-order valence-electron chi connectivity index (χ0n) is 12.5. The fraction of sp³-hybridized carbons (Fsp3) is 0.125. The molecular weight excluding hydrogens is 316 g/mol. The molecule has 6 nitrogen and oxygen atoms in total. The SMILES string of the molecule is Cc1cc(C)cc(OC(=O)c2nc(-n3ccnc3)ncc2Cl)c1. The first-order valence-corrected chi connectivity index (χ1v) is 7.22. The van der Waals surface area contributed by atoms with Gasteiger partial charge in [-0.05, 0) is 37.1 Å². The zero-order valence-corrected chi connectivity index (χ0v) is 13.3. The third-order valence-electron chi connectivity index (χ3n) is 3.07. The van der Waals surface area contributed by atoms with Gasteiger partial charge >= 0.3 is 5.97 Å². The zero-order chi connectivity index (χ0) is 16.4. The summed E-state index contributed by atoms with van der Waals surface area (Å²) in [6.07, 6.45) is 6.15. The molecule has 116 valence electrons. The first kappa shape index (κ1) is 15.2. The molecule has 3 rings (SSSR count). The average Bonchev–Trinajstić information content (AvgIpc) is 3.00. The summed E-state index contributed by atoms with van der Waals surface area (Å²) in [5.41, 5.74) is 2.01. The van der Waals surface area contributed by atoms with E-state index in [4.69, 9.17) is 16.3 Å². The maximum atomic E-state index is 12.4. The van der Waals surface area contributed by atoms with Gasteiger partial charge in [0.1, 0.15) is 12.1 Å². The van der Waals surface area contributed by atoms with E-state index >= 15 is 0 Å². The molecule has 0 amide bonds. The molecule has 1 aromatic carbocycles. The maximum absolute atomic E-state index is 12.4. The summed E-state index contributed by atoms with van der Waals surface area (Å²) >= 11 is 6.03. The summed E-state index contributed by atoms with van der Waals surface area (Å²) in [7, 11) is 0. The van der Waals surface area contributed by atoms with Crippen LogP contribution in [-0.4, -0.2) is 25.5 Å². The molecule has 0 radical (unpaired) electrons. The summed E-state index contributed by atoms with van der Waals surface area (Å²) in [5, 5.41) is 0.128. The van der Waals surface area contributed by atoms with Crippen molar-refractivity contribution in [1.29, 1.82) is 0 Å². The largest absolute Gasteiger partial charge is 0.422 e. The van der Waals surface area contributed by atoms with E-state index in [1.54, 1.807) is 29.1 Å². The third kappa shape index (κ3) is 3.37. The fourth-order valence-electron chi connectivity index (χ4n) is 2.15. The van der Waals surface area contributed by atoms with Crippen LogP contribution < -0.4 is 4.74 Å². The number of ether oxygens (including phenoxy) is 1. The van der Waals surface area contributed by atoms with Gasteiger partial charge in [0.05, 0.1) is 11.2 Å². The first-order valence-electron chi connectivity index (χ1n) is 6.84. The molecular formula is C16H13ClN4O2. The van der Waals surface area contributed by atoms with Crippen molar-refractivity contribution in [3.05, 3.63) is 65.0 Å². The summed E-state index contributed by atoms with van der Waals surface area (Å²) in [6.45, 7) is 3.86. The van der Waals surface area contributed by atoms with Crippen molar-refractivity contribution in [2.45, 2.75) is 13.8 Å². The monoisotopic (exact) mass is 328 g/mol. The molecule has 0 saturated carbocycles. The average molecular weight is 329 g/mol. The second kappa shape index (κ2) is 6.18. The molecule has 0 spiro atoms. The number of imidazole rings is 1. The quantitative estimate of drug-likeness (QED) is 0.545. The van der Waals surface area contributed by atoms with Crippen molar-refractivity contribution in [3.63, 3.8) is 0 Å². The Bertz CT molecular complexity index is 842. The number of benzene rings is 1. The lowest BCUT2D eigenvalue weighted by atomic mass is 10.1. The van der Waals surface area contributed by atoms with Gasteiger partial charge < -0.3 is 4.74 Å². The summed E-state index contributed by atoms with van der Waals surface area (Å²) in [6, 6.07) is 5.54. The van der Waals surface area contributed by atoms with Crippen molar-refractivity contribution in [1.82, 2.24) is 19.5 Å². The molecule has 0 saturated heterocycles. The number of aryl methyl sites for hydroxylation is 2. The number of carbonyl (C=O) groups excluding carboxylic acids is 1. The normalized spacial score (nSPS) is 10.6. The number of rotatable bonds is 3. The van der Waals surface area contributed by atoms with E-state index in [0.29, 0.717) is 11.7 Å². The highest BCUT2D eigenvalue weighted by atomic mass is 35.5. The van der Waals surface area contributed by atoms with Crippen LogP contribution in [0.2, 0.25) is 5.02 Å². The minimum absolute atomic E-state index is 0.00419. The van der Waals surface area contributed by atoms with E-state index in [1.807, 2.05) is 19.9 Å². The van der Waals surface area contributed by atoms with Crippen molar-refractivity contribution in [2.24, 2.45) is 0 Å². The van der Waals surface area contributed by atoms with Crippen LogP contribution >= 0.6 is 11.6 Å². The summed E-state index contributed by atoms with van der Waals surface area (Å²) < 4.78 is 6.95. The highest BCUT2D eigenvalue weighted by Gasteiger charge is 2.17. The predicted octanol–water partition coefficient (Wildman–Crippen LogP) is 3.15. The Morgan fingerprint density at radius 3 is 2.61 bits per heavy atom. The Hall–Kier alpha value is -2.73. The summed E-state index contributed by atoms with van der Waals surface area (Å²) in [5.74, 6) is 0.106. The van der Waals surface area contributed by atoms with Gasteiger partial charge in [0.2, 0.25) is 5.95 Å². The van der Waals surface area contributed by atoms with Gasteiger partial charge in [0.25, 0.3) is 0 Å². The van der Waals surface area contributed by atoms with Crippen LogP contribution in [0.3, 0.4) is 0 Å². The molecule has 0 aliphatic heterocycles. The Kier molecular flexibility index (Phi) is 4.08. The Morgan fingerprint density at radius 1 is 1.22 bits per heavy atom. The van der Waals surface area contributed by atoms with E-state index in [-0.39, 0.29) is 10.7 Å². The lowest BCUT2D eigenvalue weighted by molar-refractivity contribution is 0.0728. The minimum atomic E-state index is -0.635. The Morgan fingerprint density at radius 2 is 1.96 bits per heavy atom. The van der Waals surface area contributed by atoms with E-state index in [0.717, 1.165) is 11.1 Å². The molecule has 2 heterocycles. The van der Waals surface area contributed by atoms with E-state index in [9.17, 15) is 4.79 Å². The lowest BCUT2D eigenvalue weighted by Crippen LogP contribution is -2.14. The number of nitrogens with zero attached hydrogens (tertiary/aromatic N) is 4. The topological polar surface area (TPSA) is 69.9 Å². The van der Waals surface area contributed by atoms with Crippen molar-refractivity contribution in [2.75, 3.05) is 0 Å². The fourth-order valence-corrected chi connectivity index (χ4v) is 2.32. The number of esters is 1. The van der Waals surface area contributed by atoms with Crippen LogP contribution in [0.5, 0.6) is 5.75 Å². The smallest absolute Gasteiger partial charge is 0.364 e. The number of aromatic nitrogens is 4. The molecule has 0 unspecified atom stereocenters. The van der Waals surface area contributed by atoms with Gasteiger partial charge in [-0.15, -0.1) is 0 Å². The van der Waals surface area contributed by atoms with E-state index in [1.165, 1.54) is 12.5 Å². The van der Waals surface area contributed by atoms with Gasteiger partial charge in [-0.3, -0.25) is 4.57 Å². The minimum Gasteiger partial charge on any atom is -0.422 e. The van der Waals surface area contributed by atoms with Gasteiger partial charge in [0, 0.05) is 12.4 Å². The van der Waals surface area contributed by atoms with Gasteiger partial charge in [-0.1, -0.05) is 17.7 Å². The molecule has 0 aliphatic rings. The second-order valence-electron chi connectivity index (χ2n) is 5.05. The lowest BCUT2D eigenvalue weighted by Gasteiger charge is -2.08. The van der Waals surface area contributed by atoms with Crippen LogP contribution in [0.4, 0.5) is 0 Å². The third-order valence-corrected chi connectivity index (χ3v) is 3.34. The molecule has 0 bridgehead atoms. The molecule has 2 aromatic heterocycles.